The van der Waals surface area contributed by atoms with Gasteiger partial charge in [-0.25, -0.2) is 14.6 Å². The van der Waals surface area contributed by atoms with Crippen molar-refractivity contribution in [3.05, 3.63) is 72.2 Å². The molecular weight excluding hydrogens is 723 g/mol. The number of methoxy groups -OCH3 is 2. The minimum absolute atomic E-state index is 0.0362. The molecule has 0 spiro atoms. The smallest absolute Gasteiger partial charge is 0.407 e. The van der Waals surface area contributed by atoms with Crippen molar-refractivity contribution < 1.29 is 28.7 Å². The van der Waals surface area contributed by atoms with Crippen molar-refractivity contribution in [1.82, 2.24) is 30.4 Å². The van der Waals surface area contributed by atoms with E-state index in [1.165, 1.54) is 14.2 Å². The number of allylic oxidation sites excluding steroid dienone is 1. The summed E-state index contributed by atoms with van der Waals surface area (Å²) in [6.07, 6.45) is 5.49. The highest BCUT2D eigenvalue weighted by Gasteiger charge is 2.40. The van der Waals surface area contributed by atoms with E-state index in [-0.39, 0.29) is 35.7 Å². The predicted octanol–water partition coefficient (Wildman–Crippen LogP) is 7.37. The summed E-state index contributed by atoms with van der Waals surface area (Å²) in [5, 5.41) is 7.71. The van der Waals surface area contributed by atoms with Gasteiger partial charge in [-0.05, 0) is 94.8 Å². The summed E-state index contributed by atoms with van der Waals surface area (Å²) in [6.45, 7) is 9.03. The molecule has 2 fully saturated rings. The van der Waals surface area contributed by atoms with Crippen LogP contribution in [0, 0.1) is 11.8 Å². The van der Waals surface area contributed by atoms with E-state index in [1.54, 1.807) is 0 Å². The summed E-state index contributed by atoms with van der Waals surface area (Å²) in [5.41, 5.74) is 7.05. The quantitative estimate of drug-likeness (QED) is 0.144. The van der Waals surface area contributed by atoms with Crippen molar-refractivity contribution in [1.29, 1.82) is 0 Å². The van der Waals surface area contributed by atoms with Crippen molar-refractivity contribution in [3.63, 3.8) is 0 Å². The number of ether oxygens (including phenoxy) is 2. The minimum atomic E-state index is -0.689. The molecule has 300 valence electrons. The number of hydrogen-bond acceptors (Lipinski definition) is 8. The van der Waals surface area contributed by atoms with Crippen molar-refractivity contribution >= 4 is 57.1 Å². The number of amides is 4. The van der Waals surface area contributed by atoms with E-state index < -0.39 is 24.3 Å². The van der Waals surface area contributed by atoms with Crippen LogP contribution in [0.4, 0.5) is 9.59 Å². The van der Waals surface area contributed by atoms with Gasteiger partial charge in [-0.2, -0.15) is 0 Å². The van der Waals surface area contributed by atoms with Crippen LogP contribution in [0.15, 0.2) is 65.8 Å². The Morgan fingerprint density at radius 2 is 1.37 bits per heavy atom. The molecule has 0 bridgehead atoms. The molecule has 7 rings (SSSR count). The Morgan fingerprint density at radius 1 is 0.789 bits per heavy atom. The molecule has 5 atom stereocenters. The Morgan fingerprint density at radius 3 is 2.04 bits per heavy atom. The number of carbonyl (C=O) groups is 4. The van der Waals surface area contributed by atoms with E-state index in [1.807, 2.05) is 49.8 Å². The van der Waals surface area contributed by atoms with Gasteiger partial charge >= 0.3 is 12.2 Å². The van der Waals surface area contributed by atoms with Crippen molar-refractivity contribution in [2.75, 3.05) is 27.3 Å². The fourth-order valence-corrected chi connectivity index (χ4v) is 8.44. The summed E-state index contributed by atoms with van der Waals surface area (Å²) in [4.78, 5) is 68.5. The molecule has 4 amide bonds. The number of imidazole rings is 1. The van der Waals surface area contributed by atoms with Gasteiger partial charge in [0.1, 0.15) is 17.9 Å². The summed E-state index contributed by atoms with van der Waals surface area (Å²) in [6, 6.07) is 17.5. The lowest BCUT2D eigenvalue weighted by Crippen LogP contribution is -2.54. The molecule has 3 aliphatic heterocycles. The Bertz CT molecular complexity index is 2240. The van der Waals surface area contributed by atoms with Gasteiger partial charge in [-0.15, -0.1) is 0 Å². The number of fused-ring (bicyclic) bond motifs is 2. The highest BCUT2D eigenvalue weighted by molar-refractivity contribution is 6.04. The third kappa shape index (κ3) is 8.10. The lowest BCUT2D eigenvalue weighted by Gasteiger charge is -2.31. The van der Waals surface area contributed by atoms with Crippen LogP contribution in [0.1, 0.15) is 83.6 Å². The first-order valence-corrected chi connectivity index (χ1v) is 20.1. The second kappa shape index (κ2) is 16.8. The molecule has 2 saturated heterocycles. The summed E-state index contributed by atoms with van der Waals surface area (Å²) >= 11 is 0. The number of aliphatic imine (C=N–C) groups is 1. The van der Waals surface area contributed by atoms with E-state index in [9.17, 15) is 19.2 Å². The highest BCUT2D eigenvalue weighted by Crippen LogP contribution is 2.36. The monoisotopic (exact) mass is 775 g/mol. The molecule has 4 heterocycles. The Balaban J connectivity index is 1.04. The second-order valence-corrected chi connectivity index (χ2v) is 15.8. The molecule has 0 radical (unpaired) electrons. The van der Waals surface area contributed by atoms with Crippen LogP contribution >= 0.6 is 0 Å². The number of carbonyl (C=O) groups excluding carboxylic acids is 4. The second-order valence-electron chi connectivity index (χ2n) is 15.8. The van der Waals surface area contributed by atoms with E-state index in [0.29, 0.717) is 19.5 Å². The largest absolute Gasteiger partial charge is 0.453 e. The molecule has 3 aromatic carbocycles. The standard InChI is InChI=1S/C44H53N7O6/c1-7-26(4)39(49-44(55)57-6)42(53)50-18-8-10-36(50)35-23-32(24-45-35)30-15-14-27-20-29(13-12-28(27)21-30)31-16-17-33-34(22-31)47-40(46-33)37-11-9-19-51(37)41(52)38(25(2)3)48-43(54)56-5/h12-17,20-22,24-26,36-39H,7-11,18-19,23H2,1-6H3,(H,46,47)(H,48,54)(H,49,55)/t26-,36-,37-,38-,39-/m0/s1. The zero-order chi connectivity index (χ0) is 40.4. The first-order chi connectivity index (χ1) is 27.5. The average molecular weight is 776 g/mol. The number of benzene rings is 3. The Labute approximate surface area is 333 Å². The fraction of sp³-hybridized carbons (Fsp3) is 0.455. The van der Waals surface area contributed by atoms with Crippen LogP contribution in [-0.2, 0) is 19.1 Å². The van der Waals surface area contributed by atoms with Crippen LogP contribution in [0.25, 0.3) is 38.5 Å². The molecule has 3 aliphatic rings. The number of nitrogens with zero attached hydrogens (tertiary/aromatic N) is 4. The number of aromatic amines is 1. The molecule has 0 unspecified atom stereocenters. The van der Waals surface area contributed by atoms with Gasteiger partial charge in [0.05, 0.1) is 37.3 Å². The number of H-pyrrole nitrogens is 1. The van der Waals surface area contributed by atoms with Crippen LogP contribution in [0.5, 0.6) is 0 Å². The molecule has 3 N–H and O–H groups in total. The van der Waals surface area contributed by atoms with E-state index in [2.05, 4.69) is 64.1 Å². The van der Waals surface area contributed by atoms with Gasteiger partial charge in [0.2, 0.25) is 11.8 Å². The molecule has 0 aliphatic carbocycles. The number of likely N-dealkylation sites (tertiary alicyclic amines) is 2. The SMILES string of the molecule is CC[C@H](C)[C@H](NC(=O)OC)C(=O)N1CCC[C@H]1C1=NC=C(c2ccc3cc(-c4ccc5nc([C@@H]6CCCN6C(=O)[C@@H](NC(=O)OC)C(C)C)[nH]c5c4)ccc3c2)C1. The molecule has 13 nitrogen and oxygen atoms in total. The van der Waals surface area contributed by atoms with E-state index in [0.717, 1.165) is 87.7 Å². The maximum absolute atomic E-state index is 13.8. The zero-order valence-electron chi connectivity index (χ0n) is 33.6. The minimum Gasteiger partial charge on any atom is -0.453 e. The highest BCUT2D eigenvalue weighted by atomic mass is 16.5. The van der Waals surface area contributed by atoms with Gasteiger partial charge in [0.25, 0.3) is 0 Å². The number of aromatic nitrogens is 2. The third-order valence-corrected chi connectivity index (χ3v) is 11.9. The first kappa shape index (κ1) is 39.5. The summed E-state index contributed by atoms with van der Waals surface area (Å²) in [5.74, 6) is 0.382. The third-order valence-electron chi connectivity index (χ3n) is 11.9. The van der Waals surface area contributed by atoms with Crippen LogP contribution in [0.2, 0.25) is 0 Å². The van der Waals surface area contributed by atoms with Gasteiger partial charge in [-0.3, -0.25) is 14.6 Å². The van der Waals surface area contributed by atoms with Gasteiger partial charge in [0, 0.05) is 31.4 Å². The number of hydrogen-bond donors (Lipinski definition) is 3. The first-order valence-electron chi connectivity index (χ1n) is 20.1. The van der Waals surface area contributed by atoms with Gasteiger partial charge < -0.3 is 34.9 Å². The van der Waals surface area contributed by atoms with E-state index >= 15 is 0 Å². The van der Waals surface area contributed by atoms with Crippen LogP contribution < -0.4 is 10.6 Å². The normalized spacial score (nSPS) is 19.7. The van der Waals surface area contributed by atoms with Crippen molar-refractivity contribution in [3.8, 4) is 11.1 Å². The average Bonchev–Trinajstić information content (AvgIpc) is 4.06. The molecule has 4 aromatic rings. The topological polar surface area (TPSA) is 158 Å². The molecule has 13 heteroatoms. The van der Waals surface area contributed by atoms with Gasteiger partial charge in [0.15, 0.2) is 0 Å². The number of rotatable bonds is 11. The number of nitrogens with one attached hydrogen (secondary N) is 3. The Hall–Kier alpha value is -5.72. The zero-order valence-corrected chi connectivity index (χ0v) is 33.6. The predicted molar refractivity (Wildman–Crippen MR) is 220 cm³/mol. The maximum atomic E-state index is 13.8. The molecule has 0 saturated carbocycles. The lowest BCUT2D eigenvalue weighted by molar-refractivity contribution is -0.135. The fourth-order valence-electron chi connectivity index (χ4n) is 8.44. The number of alkyl carbamates (subject to hydrolysis) is 2. The molecule has 57 heavy (non-hydrogen) atoms. The Kier molecular flexibility index (Phi) is 11.6. The molecule has 1 aromatic heterocycles. The van der Waals surface area contributed by atoms with E-state index in [4.69, 9.17) is 19.5 Å². The van der Waals surface area contributed by atoms with Crippen LogP contribution in [-0.4, -0.2) is 94.9 Å². The summed E-state index contributed by atoms with van der Waals surface area (Å²) in [7, 11) is 2.61. The van der Waals surface area contributed by atoms with Gasteiger partial charge in [-0.1, -0.05) is 64.4 Å². The maximum Gasteiger partial charge on any atom is 0.407 e. The molecular formula is C44H53N7O6. The van der Waals surface area contributed by atoms with Crippen molar-refractivity contribution in [2.24, 2.45) is 16.8 Å². The lowest BCUT2D eigenvalue weighted by atomic mass is 9.94. The summed E-state index contributed by atoms with van der Waals surface area (Å²) < 4.78 is 9.60. The van der Waals surface area contributed by atoms with Crippen LogP contribution in [0.3, 0.4) is 0 Å². The van der Waals surface area contributed by atoms with Crippen molar-refractivity contribution in [2.45, 2.75) is 90.4 Å².